The van der Waals surface area contributed by atoms with Crippen LogP contribution in [0.3, 0.4) is 0 Å². The van der Waals surface area contributed by atoms with E-state index in [-0.39, 0.29) is 11.4 Å². The number of hydrogen-bond donors (Lipinski definition) is 13. The molecule has 0 aliphatic carbocycles. The van der Waals surface area contributed by atoms with Gasteiger partial charge in [-0.3, -0.25) is 37.8 Å². The predicted molar refractivity (Wildman–Crippen MR) is 215 cm³/mol. The molecule has 3 heterocycles. The van der Waals surface area contributed by atoms with Crippen LogP contribution in [0.4, 0.5) is 0 Å². The van der Waals surface area contributed by atoms with Crippen LogP contribution >= 0.6 is 0 Å². The predicted octanol–water partition coefficient (Wildman–Crippen LogP) is -5.51. The van der Waals surface area contributed by atoms with E-state index < -0.39 is 150 Å². The van der Waals surface area contributed by atoms with Crippen molar-refractivity contribution in [3.05, 3.63) is 29.8 Å². The van der Waals surface area contributed by atoms with Crippen molar-refractivity contribution in [1.82, 2.24) is 41.8 Å². The molecule has 7 amide bonds. The van der Waals surface area contributed by atoms with Crippen molar-refractivity contribution in [1.29, 1.82) is 0 Å². The first-order chi connectivity index (χ1) is 28.5. The van der Waals surface area contributed by atoms with E-state index in [9.17, 15) is 68.4 Å². The molecule has 1 aromatic heterocycles. The topological polar surface area (TPSA) is 349 Å². The molecule has 0 saturated carbocycles. The third-order valence-corrected chi connectivity index (χ3v) is 11.5. The molecule has 13 N–H and O–H groups in total. The van der Waals surface area contributed by atoms with Gasteiger partial charge in [-0.1, -0.05) is 32.0 Å². The number of aliphatic hydroxyl groups is 6. The molecule has 23 heteroatoms. The molecule has 338 valence electrons. The van der Waals surface area contributed by atoms with E-state index in [0.29, 0.717) is 21.4 Å². The van der Waals surface area contributed by atoms with Crippen molar-refractivity contribution in [2.24, 2.45) is 5.92 Å². The minimum atomic E-state index is -2.00. The maximum Gasteiger partial charge on any atom is 0.248 e. The van der Waals surface area contributed by atoms with Crippen LogP contribution in [0.2, 0.25) is 0 Å². The van der Waals surface area contributed by atoms with Crippen molar-refractivity contribution < 1.29 is 68.4 Å². The third kappa shape index (κ3) is 11.5. The average molecular weight is 881 g/mol. The molecule has 2 fully saturated rings. The zero-order valence-electron chi connectivity index (χ0n) is 34.5. The van der Waals surface area contributed by atoms with Gasteiger partial charge in [0, 0.05) is 30.0 Å². The molecule has 1 aromatic carbocycles. The monoisotopic (exact) mass is 880 g/mol. The minimum absolute atomic E-state index is 0.207. The molecular weight excluding hydrogens is 825 g/mol. The Kier molecular flexibility index (Phi) is 16.1. The second-order valence-corrected chi connectivity index (χ2v) is 17.4. The van der Waals surface area contributed by atoms with Crippen molar-refractivity contribution in [3.63, 3.8) is 0 Å². The van der Waals surface area contributed by atoms with Gasteiger partial charge in [-0.05, 0) is 38.3 Å². The lowest BCUT2D eigenvalue weighted by Gasteiger charge is -2.31. The van der Waals surface area contributed by atoms with Gasteiger partial charge in [0.05, 0.1) is 48.4 Å². The smallest absolute Gasteiger partial charge is 0.248 e. The largest absolute Gasteiger partial charge is 0.394 e. The first kappa shape index (κ1) is 48.6. The Morgan fingerprint density at radius 3 is 1.97 bits per heavy atom. The molecule has 2 saturated heterocycles. The summed E-state index contributed by atoms with van der Waals surface area (Å²) in [6, 6.07) is -5.11. The fourth-order valence-corrected chi connectivity index (χ4v) is 7.90. The van der Waals surface area contributed by atoms with E-state index in [4.69, 9.17) is 0 Å². The van der Waals surface area contributed by atoms with Crippen LogP contribution in [0.15, 0.2) is 29.3 Å². The number of aromatic nitrogens is 1. The maximum absolute atomic E-state index is 14.4. The highest BCUT2D eigenvalue weighted by Crippen LogP contribution is 2.27. The number of nitrogens with zero attached hydrogens (tertiary/aromatic N) is 1. The highest BCUT2D eigenvalue weighted by atomic mass is 32.2. The number of benzene rings is 1. The Morgan fingerprint density at radius 2 is 1.38 bits per heavy atom. The van der Waals surface area contributed by atoms with Crippen LogP contribution < -0.4 is 31.9 Å². The standard InChI is InChI=1S/C38H56N8O14S/c1-16(2)26-33(55)45-27(18(4)49)34(56)42-24(14-47)37(58)46-13-25(50)29(51)28(46)35(57)39-17(3)30(52)40-22(31(53)41-23(32(54)44-26)12-38(5,59)15-48)11-20-19-9-7-8-10-21(19)43-36(20)61(6)60/h7-10,16-18,22-29,43,47-51,59H,11-15H2,1-6H3,(H,39,57)(H,40,52)(H,41,53)(H,42,56)(H,44,54)(H,45,55)/t17-,18-,22-,23-,24+,25+,26-,27+,28-,29-,38+,61?/m0/s1. The van der Waals surface area contributed by atoms with Gasteiger partial charge in [0.2, 0.25) is 41.4 Å². The molecule has 0 radical (unpaired) electrons. The fraction of sp³-hybridized carbons (Fsp3) is 0.605. The van der Waals surface area contributed by atoms with Crippen molar-refractivity contribution in [3.8, 4) is 0 Å². The van der Waals surface area contributed by atoms with Gasteiger partial charge in [0.15, 0.2) is 0 Å². The summed E-state index contributed by atoms with van der Waals surface area (Å²) in [6.45, 7) is 3.93. The Bertz CT molecular complexity index is 2010. The van der Waals surface area contributed by atoms with Gasteiger partial charge < -0.3 is 72.4 Å². The summed E-state index contributed by atoms with van der Waals surface area (Å²) in [7, 11) is -1.66. The van der Waals surface area contributed by atoms with Crippen LogP contribution in [-0.4, -0.2) is 178 Å². The Hall–Kier alpha value is -5.04. The average Bonchev–Trinajstić information content (AvgIpc) is 3.72. The van der Waals surface area contributed by atoms with E-state index >= 15 is 0 Å². The first-order valence-electron chi connectivity index (χ1n) is 19.6. The van der Waals surface area contributed by atoms with Gasteiger partial charge in [0.25, 0.3) is 0 Å². The Morgan fingerprint density at radius 1 is 0.803 bits per heavy atom. The second-order valence-electron chi connectivity index (χ2n) is 16.0. The van der Waals surface area contributed by atoms with E-state index in [1.807, 2.05) is 0 Å². The molecule has 2 aliphatic rings. The van der Waals surface area contributed by atoms with Gasteiger partial charge in [-0.2, -0.15) is 0 Å². The highest BCUT2D eigenvalue weighted by molar-refractivity contribution is 7.84. The number of aromatic amines is 1. The number of amides is 7. The van der Waals surface area contributed by atoms with Crippen LogP contribution in [0.25, 0.3) is 10.9 Å². The summed E-state index contributed by atoms with van der Waals surface area (Å²) in [5.41, 5.74) is -1.12. The summed E-state index contributed by atoms with van der Waals surface area (Å²) in [4.78, 5) is 101. The van der Waals surface area contributed by atoms with Crippen molar-refractivity contribution in [2.45, 2.75) is 119 Å². The number of hydrogen-bond acceptors (Lipinski definition) is 14. The molecule has 12 atom stereocenters. The molecular formula is C38H56N8O14S. The second kappa shape index (κ2) is 20.2. The highest BCUT2D eigenvalue weighted by Gasteiger charge is 2.49. The molecule has 1 unspecified atom stereocenters. The Balaban J connectivity index is 1.85. The third-order valence-electron chi connectivity index (χ3n) is 10.6. The number of H-pyrrole nitrogens is 1. The van der Waals surface area contributed by atoms with Gasteiger partial charge in [-0.25, -0.2) is 0 Å². The number of para-hydroxylation sites is 1. The lowest BCUT2D eigenvalue weighted by Crippen LogP contribution is -2.63. The van der Waals surface area contributed by atoms with E-state index in [1.54, 1.807) is 24.3 Å². The molecule has 4 rings (SSSR count). The first-order valence-corrected chi connectivity index (χ1v) is 21.1. The SMILES string of the molecule is CC(C)[C@@H]1NC(=O)[C@H](C[C@@](C)(O)CO)NC(=O)[C@H](Cc2c(S(C)=O)[nH]c3ccccc23)NC(=O)[C@H](C)NC(=O)[C@@H]2[C@@H](O)[C@H](O)CN2C(=O)[C@@H](CO)NC(=O)[C@@H]([C@H](C)O)NC1=O. The van der Waals surface area contributed by atoms with Gasteiger partial charge in [-0.15, -0.1) is 0 Å². The normalized spacial score (nSPS) is 29.9. The lowest BCUT2D eigenvalue weighted by molar-refractivity contribution is -0.145. The van der Waals surface area contributed by atoms with Gasteiger partial charge >= 0.3 is 0 Å². The number of nitrogens with one attached hydrogen (secondary N) is 7. The van der Waals surface area contributed by atoms with E-state index in [2.05, 4.69) is 36.9 Å². The van der Waals surface area contributed by atoms with Gasteiger partial charge in [0.1, 0.15) is 53.4 Å². The maximum atomic E-state index is 14.4. The molecule has 2 aromatic rings. The lowest BCUT2D eigenvalue weighted by atomic mass is 9.95. The van der Waals surface area contributed by atoms with Crippen molar-refractivity contribution in [2.75, 3.05) is 26.0 Å². The van der Waals surface area contributed by atoms with Crippen molar-refractivity contribution >= 4 is 63.1 Å². The summed E-state index contributed by atoms with van der Waals surface area (Å²) < 4.78 is 12.9. The van der Waals surface area contributed by atoms with Crippen LogP contribution in [0, 0.1) is 5.92 Å². The van der Waals surface area contributed by atoms with E-state index in [1.165, 1.54) is 34.0 Å². The number of fused-ring (bicyclic) bond motifs is 2. The number of carbonyl (C=O) groups excluding carboxylic acids is 7. The molecule has 0 spiro atoms. The zero-order chi connectivity index (χ0) is 45.7. The Labute approximate surface area is 353 Å². The number of aliphatic hydroxyl groups excluding tert-OH is 5. The fourth-order valence-electron chi connectivity index (χ4n) is 7.11. The molecule has 2 aliphatic heterocycles. The number of carbonyl (C=O) groups is 7. The summed E-state index contributed by atoms with van der Waals surface area (Å²) in [5.74, 6) is -8.38. The summed E-state index contributed by atoms with van der Waals surface area (Å²) in [6.07, 6.45) is -4.87. The molecule has 0 bridgehead atoms. The van der Waals surface area contributed by atoms with Crippen LogP contribution in [0.5, 0.6) is 0 Å². The zero-order valence-corrected chi connectivity index (χ0v) is 35.3. The summed E-state index contributed by atoms with van der Waals surface area (Å²) in [5, 5.41) is 78.0. The summed E-state index contributed by atoms with van der Waals surface area (Å²) >= 11 is 0. The van der Waals surface area contributed by atoms with E-state index in [0.717, 1.165) is 6.92 Å². The molecule has 61 heavy (non-hydrogen) atoms. The minimum Gasteiger partial charge on any atom is -0.394 e. The van der Waals surface area contributed by atoms with Crippen LogP contribution in [-0.2, 0) is 50.8 Å². The molecule has 22 nitrogen and oxygen atoms in total. The number of rotatable bonds is 9. The van der Waals surface area contributed by atoms with Crippen LogP contribution in [0.1, 0.15) is 46.6 Å². The quantitative estimate of drug-likeness (QED) is 0.112.